The zero-order chi connectivity index (χ0) is 14.0. The zero-order valence-electron chi connectivity index (χ0n) is 11.9. The van der Waals surface area contributed by atoms with E-state index in [1.54, 1.807) is 0 Å². The molecule has 1 aromatic heterocycles. The molecule has 1 amide bonds. The summed E-state index contributed by atoms with van der Waals surface area (Å²) in [6.45, 7) is 5.64. The maximum absolute atomic E-state index is 12.4. The molecule has 1 fully saturated rings. The van der Waals surface area contributed by atoms with Gasteiger partial charge < -0.3 is 9.73 Å². The van der Waals surface area contributed by atoms with Crippen molar-refractivity contribution in [2.45, 2.75) is 64.3 Å². The second kappa shape index (κ2) is 6.00. The number of alkyl halides is 1. The highest BCUT2D eigenvalue weighted by molar-refractivity contribution is 6.21. The molecule has 2 atom stereocenters. The number of rotatable bonds is 2. The number of carbonyl (C=O) groups excluding carboxylic acids is 1. The lowest BCUT2D eigenvalue weighted by Gasteiger charge is -2.21. The Kier molecular flexibility index (Phi) is 4.56. The SMILES string of the molecule is Cc1oc(C)c(C(=O)NC2CCCCCC2Cl)c1C. The van der Waals surface area contributed by atoms with Crippen molar-refractivity contribution in [1.82, 2.24) is 5.32 Å². The molecule has 1 N–H and O–H groups in total. The molecule has 4 heteroatoms. The Hall–Kier alpha value is -0.960. The zero-order valence-corrected chi connectivity index (χ0v) is 12.6. The van der Waals surface area contributed by atoms with Gasteiger partial charge in [0.2, 0.25) is 0 Å². The third-order valence-corrected chi connectivity index (χ3v) is 4.56. The van der Waals surface area contributed by atoms with Crippen LogP contribution in [0.25, 0.3) is 0 Å². The maximum Gasteiger partial charge on any atom is 0.255 e. The summed E-state index contributed by atoms with van der Waals surface area (Å²) in [5.41, 5.74) is 1.60. The summed E-state index contributed by atoms with van der Waals surface area (Å²) in [7, 11) is 0. The van der Waals surface area contributed by atoms with Crippen molar-refractivity contribution in [3.05, 3.63) is 22.6 Å². The second-order valence-electron chi connectivity index (χ2n) is 5.45. The molecule has 0 bridgehead atoms. The summed E-state index contributed by atoms with van der Waals surface area (Å²) in [5, 5.41) is 3.13. The lowest BCUT2D eigenvalue weighted by molar-refractivity contribution is 0.0932. The fourth-order valence-corrected chi connectivity index (χ4v) is 3.14. The summed E-state index contributed by atoms with van der Waals surface area (Å²) >= 11 is 6.37. The third-order valence-electron chi connectivity index (χ3n) is 4.04. The van der Waals surface area contributed by atoms with E-state index in [4.69, 9.17) is 16.0 Å². The van der Waals surface area contributed by atoms with Crippen molar-refractivity contribution in [2.75, 3.05) is 0 Å². The van der Waals surface area contributed by atoms with Gasteiger partial charge in [-0.2, -0.15) is 0 Å². The molecule has 1 saturated carbocycles. The molecule has 0 aromatic carbocycles. The highest BCUT2D eigenvalue weighted by Gasteiger charge is 2.26. The van der Waals surface area contributed by atoms with E-state index >= 15 is 0 Å². The molecular weight excluding hydrogens is 262 g/mol. The monoisotopic (exact) mass is 283 g/mol. The summed E-state index contributed by atoms with van der Waals surface area (Å²) in [6.07, 6.45) is 5.45. The number of amides is 1. The molecule has 0 aliphatic heterocycles. The topological polar surface area (TPSA) is 42.2 Å². The Balaban J connectivity index is 2.11. The Morgan fingerprint density at radius 1 is 1.16 bits per heavy atom. The van der Waals surface area contributed by atoms with Gasteiger partial charge in [0.25, 0.3) is 5.91 Å². The quantitative estimate of drug-likeness (QED) is 0.661. The number of nitrogens with one attached hydrogen (secondary N) is 1. The normalized spacial score (nSPS) is 24.0. The molecular formula is C15H22ClNO2. The van der Waals surface area contributed by atoms with Crippen LogP contribution < -0.4 is 5.32 Å². The number of hydrogen-bond acceptors (Lipinski definition) is 2. The predicted octanol–water partition coefficient (Wildman–Crippen LogP) is 3.87. The van der Waals surface area contributed by atoms with Crippen molar-refractivity contribution >= 4 is 17.5 Å². The Labute approximate surface area is 119 Å². The lowest BCUT2D eigenvalue weighted by atomic mass is 10.1. The first kappa shape index (κ1) is 14.4. The predicted molar refractivity (Wildman–Crippen MR) is 76.9 cm³/mol. The first-order chi connectivity index (χ1) is 9.00. The number of hydrogen-bond donors (Lipinski definition) is 1. The lowest BCUT2D eigenvalue weighted by Crippen LogP contribution is -2.40. The molecule has 0 saturated heterocycles. The van der Waals surface area contributed by atoms with Crippen LogP contribution in [0.4, 0.5) is 0 Å². The van der Waals surface area contributed by atoms with Crippen LogP contribution in [0, 0.1) is 20.8 Å². The minimum Gasteiger partial charge on any atom is -0.466 e. The number of aryl methyl sites for hydroxylation is 2. The standard InChI is InChI=1S/C15H22ClNO2/c1-9-10(2)19-11(3)14(9)15(18)17-13-8-6-4-5-7-12(13)16/h12-13H,4-8H2,1-3H3,(H,17,18). The molecule has 1 heterocycles. The first-order valence-electron chi connectivity index (χ1n) is 7.02. The van der Waals surface area contributed by atoms with Crippen molar-refractivity contribution in [3.8, 4) is 0 Å². The van der Waals surface area contributed by atoms with Crippen LogP contribution in [0.2, 0.25) is 0 Å². The van der Waals surface area contributed by atoms with Gasteiger partial charge >= 0.3 is 0 Å². The van der Waals surface area contributed by atoms with Gasteiger partial charge in [-0.25, -0.2) is 0 Å². The van der Waals surface area contributed by atoms with Crippen molar-refractivity contribution < 1.29 is 9.21 Å². The average Bonchev–Trinajstić information content (AvgIpc) is 2.51. The molecule has 106 valence electrons. The molecule has 0 spiro atoms. The Morgan fingerprint density at radius 3 is 2.47 bits per heavy atom. The van der Waals surface area contributed by atoms with E-state index in [1.807, 2.05) is 20.8 Å². The summed E-state index contributed by atoms with van der Waals surface area (Å²) in [4.78, 5) is 12.4. The molecule has 1 aromatic rings. The smallest absolute Gasteiger partial charge is 0.255 e. The number of carbonyl (C=O) groups is 1. The van der Waals surface area contributed by atoms with E-state index in [2.05, 4.69) is 5.32 Å². The largest absolute Gasteiger partial charge is 0.466 e. The van der Waals surface area contributed by atoms with Gasteiger partial charge in [-0.15, -0.1) is 11.6 Å². The van der Waals surface area contributed by atoms with Crippen LogP contribution in [0.1, 0.15) is 59.5 Å². The first-order valence-corrected chi connectivity index (χ1v) is 7.46. The van der Waals surface area contributed by atoms with Gasteiger partial charge in [0.1, 0.15) is 11.5 Å². The Bertz CT molecular complexity index is 467. The number of halogens is 1. The van der Waals surface area contributed by atoms with Crippen LogP contribution in [0.15, 0.2) is 4.42 Å². The summed E-state index contributed by atoms with van der Waals surface area (Å²) < 4.78 is 5.51. The summed E-state index contributed by atoms with van der Waals surface area (Å²) in [6, 6.07) is 0.0747. The molecule has 2 unspecified atom stereocenters. The number of furan rings is 1. The maximum atomic E-state index is 12.4. The van der Waals surface area contributed by atoms with E-state index in [9.17, 15) is 4.79 Å². The summed E-state index contributed by atoms with van der Waals surface area (Å²) in [5.74, 6) is 1.45. The van der Waals surface area contributed by atoms with Crippen molar-refractivity contribution in [3.63, 3.8) is 0 Å². The van der Waals surface area contributed by atoms with Crippen LogP contribution in [-0.4, -0.2) is 17.3 Å². The van der Waals surface area contributed by atoms with Gasteiger partial charge in [-0.3, -0.25) is 4.79 Å². The van der Waals surface area contributed by atoms with E-state index in [1.165, 1.54) is 6.42 Å². The minimum absolute atomic E-state index is 0.0417. The minimum atomic E-state index is -0.0515. The molecule has 1 aliphatic carbocycles. The highest BCUT2D eigenvalue weighted by Crippen LogP contribution is 2.24. The van der Waals surface area contributed by atoms with Crippen LogP contribution in [0.3, 0.4) is 0 Å². The average molecular weight is 284 g/mol. The molecule has 3 nitrogen and oxygen atoms in total. The van der Waals surface area contributed by atoms with E-state index in [-0.39, 0.29) is 17.3 Å². The van der Waals surface area contributed by atoms with Crippen molar-refractivity contribution in [1.29, 1.82) is 0 Å². The van der Waals surface area contributed by atoms with Crippen LogP contribution >= 0.6 is 11.6 Å². The second-order valence-corrected chi connectivity index (χ2v) is 6.01. The van der Waals surface area contributed by atoms with Gasteiger partial charge in [0, 0.05) is 11.6 Å². The third kappa shape index (κ3) is 3.14. The molecule has 0 radical (unpaired) electrons. The fourth-order valence-electron chi connectivity index (χ4n) is 2.79. The highest BCUT2D eigenvalue weighted by atomic mass is 35.5. The van der Waals surface area contributed by atoms with E-state index in [0.29, 0.717) is 11.3 Å². The van der Waals surface area contributed by atoms with E-state index < -0.39 is 0 Å². The van der Waals surface area contributed by atoms with Gasteiger partial charge in [-0.05, 0) is 33.6 Å². The van der Waals surface area contributed by atoms with Gasteiger partial charge in [-0.1, -0.05) is 19.3 Å². The fraction of sp³-hybridized carbons (Fsp3) is 0.667. The van der Waals surface area contributed by atoms with Gasteiger partial charge in [0.15, 0.2) is 0 Å². The van der Waals surface area contributed by atoms with Gasteiger partial charge in [0.05, 0.1) is 10.9 Å². The van der Waals surface area contributed by atoms with E-state index in [0.717, 1.165) is 37.0 Å². The Morgan fingerprint density at radius 2 is 1.84 bits per heavy atom. The molecule has 2 rings (SSSR count). The molecule has 19 heavy (non-hydrogen) atoms. The molecule has 1 aliphatic rings. The van der Waals surface area contributed by atoms with Crippen molar-refractivity contribution in [2.24, 2.45) is 0 Å². The van der Waals surface area contributed by atoms with Crippen LogP contribution in [0.5, 0.6) is 0 Å². The van der Waals surface area contributed by atoms with Crippen LogP contribution in [-0.2, 0) is 0 Å².